The van der Waals surface area contributed by atoms with Crippen molar-refractivity contribution in [3.05, 3.63) is 76.8 Å². The average Bonchev–Trinajstić information content (AvgIpc) is 3.17. The summed E-state index contributed by atoms with van der Waals surface area (Å²) < 4.78 is 12.3. The van der Waals surface area contributed by atoms with Gasteiger partial charge in [-0.25, -0.2) is 9.78 Å². The first-order chi connectivity index (χ1) is 14.5. The average molecular weight is 421 g/mol. The van der Waals surface area contributed by atoms with Gasteiger partial charge in [0.05, 0.1) is 10.3 Å². The fraction of sp³-hybridized carbons (Fsp3) is 0.0909. The van der Waals surface area contributed by atoms with Crippen LogP contribution in [0, 0.1) is 0 Å². The van der Waals surface area contributed by atoms with Gasteiger partial charge >= 0.3 is 5.97 Å². The van der Waals surface area contributed by atoms with E-state index in [0.29, 0.717) is 33.9 Å². The molecular weight excluding hydrogens is 402 g/mol. The zero-order valence-electron chi connectivity index (χ0n) is 15.9. The second kappa shape index (κ2) is 8.30. The molecule has 0 aliphatic carbocycles. The normalized spacial score (nSPS) is 10.8. The highest BCUT2D eigenvalue weighted by Crippen LogP contribution is 2.33. The maximum atomic E-state index is 11.4. The molecule has 5 N–H and O–H groups in total. The molecule has 0 atom stereocenters. The molecule has 0 saturated carbocycles. The number of carbonyl (C=O) groups is 1. The summed E-state index contributed by atoms with van der Waals surface area (Å²) in [6.45, 7) is 0.648. The Morgan fingerprint density at radius 1 is 1.03 bits per heavy atom. The summed E-state index contributed by atoms with van der Waals surface area (Å²) in [6.07, 6.45) is 1.28. The van der Waals surface area contributed by atoms with Crippen molar-refractivity contribution < 1.29 is 19.4 Å². The molecule has 0 saturated heterocycles. The summed E-state index contributed by atoms with van der Waals surface area (Å²) in [5.74, 6) is 0.558. The molecule has 0 aliphatic rings. The Hall–Kier alpha value is -3.78. The number of fused-ring (bicyclic) bond motifs is 1. The number of benzene rings is 2. The van der Waals surface area contributed by atoms with Gasteiger partial charge in [-0.2, -0.15) is 0 Å². The van der Waals surface area contributed by atoms with Crippen LogP contribution in [0.4, 0.5) is 11.5 Å². The van der Waals surface area contributed by atoms with Crippen LogP contribution in [0.1, 0.15) is 21.5 Å². The Kier molecular flexibility index (Phi) is 5.40. The number of hydrogen-bond donors (Lipinski definition) is 3. The zero-order chi connectivity index (χ0) is 21.1. The third-order valence-electron chi connectivity index (χ3n) is 4.52. The minimum atomic E-state index is -1.03. The van der Waals surface area contributed by atoms with Crippen LogP contribution in [0.3, 0.4) is 0 Å². The van der Waals surface area contributed by atoms with Crippen molar-refractivity contribution in [1.29, 1.82) is 0 Å². The Balaban J connectivity index is 1.47. The lowest BCUT2D eigenvalue weighted by atomic mass is 10.1. The van der Waals surface area contributed by atoms with E-state index < -0.39 is 5.97 Å². The maximum Gasteiger partial charge on any atom is 0.338 e. The molecule has 0 amide bonds. The van der Waals surface area contributed by atoms with E-state index in [9.17, 15) is 9.90 Å². The number of aromatic nitrogens is 1. The molecule has 2 aromatic carbocycles. The molecule has 0 unspecified atom stereocenters. The number of nitrogens with two attached hydrogens (primary N) is 2. The smallest absolute Gasteiger partial charge is 0.338 e. The summed E-state index contributed by atoms with van der Waals surface area (Å²) in [4.78, 5) is 15.4. The van der Waals surface area contributed by atoms with Gasteiger partial charge in [-0.3, -0.25) is 0 Å². The number of ether oxygens (including phenoxy) is 2. The van der Waals surface area contributed by atoms with E-state index in [-0.39, 0.29) is 18.0 Å². The summed E-state index contributed by atoms with van der Waals surface area (Å²) in [6, 6.07) is 14.8. The molecular formula is C22H19N3O4S. The fourth-order valence-electron chi connectivity index (χ4n) is 2.98. The quantitative estimate of drug-likeness (QED) is 0.380. The summed E-state index contributed by atoms with van der Waals surface area (Å²) in [7, 11) is 0. The topological polar surface area (TPSA) is 121 Å². The number of hydrogen-bond acceptors (Lipinski definition) is 7. The molecule has 7 nitrogen and oxygen atoms in total. The van der Waals surface area contributed by atoms with Gasteiger partial charge in [0.15, 0.2) is 0 Å². The first-order valence-corrected chi connectivity index (χ1v) is 9.97. The minimum absolute atomic E-state index is 0.133. The highest BCUT2D eigenvalue weighted by molar-refractivity contribution is 7.17. The second-order valence-electron chi connectivity index (χ2n) is 6.62. The molecule has 30 heavy (non-hydrogen) atoms. The molecule has 0 radical (unpaired) electrons. The Labute approximate surface area is 176 Å². The zero-order valence-corrected chi connectivity index (χ0v) is 16.7. The molecule has 0 bridgehead atoms. The van der Waals surface area contributed by atoms with Crippen molar-refractivity contribution in [3.8, 4) is 11.5 Å². The molecule has 4 aromatic rings. The van der Waals surface area contributed by atoms with Crippen molar-refractivity contribution >= 4 is 38.9 Å². The Morgan fingerprint density at radius 3 is 2.43 bits per heavy atom. The van der Waals surface area contributed by atoms with Crippen molar-refractivity contribution in [2.45, 2.75) is 13.2 Å². The SMILES string of the molecule is Nc1ccc(COc2cccc(OCc3csc4c(C(=O)O)cnc(N)c34)c2)cc1. The van der Waals surface area contributed by atoms with Crippen LogP contribution in [0.5, 0.6) is 11.5 Å². The summed E-state index contributed by atoms with van der Waals surface area (Å²) in [5, 5.41) is 11.8. The fourth-order valence-corrected chi connectivity index (χ4v) is 4.05. The molecule has 4 rings (SSSR count). The number of pyridine rings is 1. The predicted molar refractivity (Wildman–Crippen MR) is 117 cm³/mol. The standard InChI is InChI=1S/C22H19N3O4S/c23-15-6-4-13(5-7-15)10-28-16-2-1-3-17(8-16)29-11-14-12-30-20-18(22(26)27)9-25-21(24)19(14)20/h1-9,12H,10-11,23H2,(H2,24,25)(H,26,27). The summed E-state index contributed by atoms with van der Waals surface area (Å²) in [5.41, 5.74) is 14.3. The molecule has 0 aliphatic heterocycles. The van der Waals surface area contributed by atoms with Gasteiger partial charge < -0.3 is 26.0 Å². The first kappa shape index (κ1) is 19.5. The third-order valence-corrected chi connectivity index (χ3v) is 5.58. The third kappa shape index (κ3) is 4.13. The van der Waals surface area contributed by atoms with Crippen LogP contribution < -0.4 is 20.9 Å². The van der Waals surface area contributed by atoms with E-state index in [2.05, 4.69) is 4.98 Å². The number of nitrogen functional groups attached to an aromatic ring is 2. The van der Waals surface area contributed by atoms with Gasteiger partial charge in [-0.15, -0.1) is 11.3 Å². The van der Waals surface area contributed by atoms with Crippen molar-refractivity contribution in [1.82, 2.24) is 4.98 Å². The Morgan fingerprint density at radius 2 is 1.73 bits per heavy atom. The van der Waals surface area contributed by atoms with Gasteiger partial charge in [-0.05, 0) is 35.2 Å². The van der Waals surface area contributed by atoms with Gasteiger partial charge in [0.1, 0.15) is 30.5 Å². The van der Waals surface area contributed by atoms with Crippen molar-refractivity contribution in [3.63, 3.8) is 0 Å². The van der Waals surface area contributed by atoms with Crippen LogP contribution in [0.2, 0.25) is 0 Å². The number of carboxylic acid groups (broad SMARTS) is 1. The van der Waals surface area contributed by atoms with Crippen molar-refractivity contribution in [2.75, 3.05) is 11.5 Å². The maximum absolute atomic E-state index is 11.4. The van der Waals surface area contributed by atoms with Crippen LogP contribution in [0.15, 0.2) is 60.1 Å². The Bertz CT molecular complexity index is 1200. The van der Waals surface area contributed by atoms with Crippen molar-refractivity contribution in [2.24, 2.45) is 0 Å². The molecule has 2 heterocycles. The summed E-state index contributed by atoms with van der Waals surface area (Å²) >= 11 is 1.31. The molecule has 2 aromatic heterocycles. The highest BCUT2D eigenvalue weighted by atomic mass is 32.1. The molecule has 0 fully saturated rings. The van der Waals surface area contributed by atoms with Gasteiger partial charge in [0.2, 0.25) is 0 Å². The van der Waals surface area contributed by atoms with E-state index in [0.717, 1.165) is 11.1 Å². The first-order valence-electron chi connectivity index (χ1n) is 9.09. The van der Waals surface area contributed by atoms with Gasteiger partial charge in [0, 0.05) is 28.9 Å². The minimum Gasteiger partial charge on any atom is -0.489 e. The molecule has 152 valence electrons. The number of aromatic carboxylic acids is 1. The van der Waals surface area contributed by atoms with E-state index in [4.69, 9.17) is 20.9 Å². The number of anilines is 2. The number of rotatable bonds is 7. The van der Waals surface area contributed by atoms with Gasteiger partial charge in [0.25, 0.3) is 0 Å². The lowest BCUT2D eigenvalue weighted by Gasteiger charge is -2.10. The lowest BCUT2D eigenvalue weighted by molar-refractivity contribution is 0.0699. The van der Waals surface area contributed by atoms with Crippen LogP contribution in [-0.4, -0.2) is 16.1 Å². The molecule has 8 heteroatoms. The van der Waals surface area contributed by atoms with E-state index in [1.807, 2.05) is 47.8 Å². The second-order valence-corrected chi connectivity index (χ2v) is 7.50. The molecule has 0 spiro atoms. The number of nitrogens with zero attached hydrogens (tertiary/aromatic N) is 1. The van der Waals surface area contributed by atoms with Crippen LogP contribution in [0.25, 0.3) is 10.1 Å². The predicted octanol–water partition coefficient (Wildman–Crippen LogP) is 4.32. The van der Waals surface area contributed by atoms with Crippen LogP contribution >= 0.6 is 11.3 Å². The van der Waals surface area contributed by atoms with E-state index in [1.165, 1.54) is 17.5 Å². The highest BCUT2D eigenvalue weighted by Gasteiger charge is 2.17. The van der Waals surface area contributed by atoms with E-state index >= 15 is 0 Å². The number of thiophene rings is 1. The van der Waals surface area contributed by atoms with Crippen LogP contribution in [-0.2, 0) is 13.2 Å². The number of carboxylic acids is 1. The van der Waals surface area contributed by atoms with Gasteiger partial charge in [-0.1, -0.05) is 18.2 Å². The largest absolute Gasteiger partial charge is 0.489 e. The lowest BCUT2D eigenvalue weighted by Crippen LogP contribution is -2.02. The monoisotopic (exact) mass is 421 g/mol. The van der Waals surface area contributed by atoms with E-state index in [1.54, 1.807) is 6.07 Å².